The average Bonchev–Trinajstić information content (AvgIpc) is 3.17. The van der Waals surface area contributed by atoms with Crippen molar-refractivity contribution in [2.45, 2.75) is 62.9 Å². The lowest BCUT2D eigenvalue weighted by molar-refractivity contribution is -0.139. The van der Waals surface area contributed by atoms with Crippen LogP contribution < -0.4 is 11.1 Å². The molecule has 1 heterocycles. The van der Waals surface area contributed by atoms with E-state index in [1.807, 2.05) is 17.0 Å². The van der Waals surface area contributed by atoms with Crippen molar-refractivity contribution >= 4 is 34.4 Å². The summed E-state index contributed by atoms with van der Waals surface area (Å²) in [7, 11) is 0. The normalized spacial score (nSPS) is 22.6. The van der Waals surface area contributed by atoms with Crippen LogP contribution in [-0.4, -0.2) is 41.4 Å². The molecule has 1 aromatic rings. The van der Waals surface area contributed by atoms with Gasteiger partial charge in [0.05, 0.1) is 6.07 Å². The Kier molecular flexibility index (Phi) is 6.94. The molecule has 1 aliphatic heterocycles. The van der Waals surface area contributed by atoms with E-state index >= 15 is 0 Å². The summed E-state index contributed by atoms with van der Waals surface area (Å²) in [5, 5.41) is 13.2. The number of nitrogens with two attached hydrogens (primary N) is 1. The summed E-state index contributed by atoms with van der Waals surface area (Å²) in [4.78, 5) is 27.0. The van der Waals surface area contributed by atoms with Gasteiger partial charge < -0.3 is 16.0 Å². The van der Waals surface area contributed by atoms with E-state index in [9.17, 15) is 14.9 Å². The number of benzene rings is 1. The first-order valence-corrected chi connectivity index (χ1v) is 11.1. The number of nitrogens with one attached hydrogen (secondary N) is 1. The summed E-state index contributed by atoms with van der Waals surface area (Å²) in [6.45, 7) is 1.29. The molecule has 150 valence electrons. The van der Waals surface area contributed by atoms with Crippen LogP contribution in [0.3, 0.4) is 0 Å². The van der Waals surface area contributed by atoms with Crippen molar-refractivity contribution in [2.24, 2.45) is 5.73 Å². The van der Waals surface area contributed by atoms with Gasteiger partial charge in [0.15, 0.2) is 0 Å². The number of carbonyl (C=O) groups excluding carboxylic acids is 2. The van der Waals surface area contributed by atoms with Crippen molar-refractivity contribution in [2.75, 3.05) is 13.1 Å². The molecule has 3 N–H and O–H groups in total. The molecular weight excluding hydrogens is 467 g/mol. The summed E-state index contributed by atoms with van der Waals surface area (Å²) in [5.41, 5.74) is 6.03. The SMILES string of the molecule is N#CC1(N(C(=O)CCc2ccc(I)cc2C(N)=O)C2CCCCC2)CCNC1. The number of hydrogen-bond acceptors (Lipinski definition) is 4. The molecule has 0 aromatic heterocycles. The maximum absolute atomic E-state index is 13.3. The maximum atomic E-state index is 13.3. The predicted octanol–water partition coefficient (Wildman–Crippen LogP) is 2.74. The summed E-state index contributed by atoms with van der Waals surface area (Å²) in [6, 6.07) is 8.15. The number of nitriles is 1. The van der Waals surface area contributed by atoms with Crippen LogP contribution in [0.1, 0.15) is 60.9 Å². The molecule has 3 rings (SSSR count). The number of hydrogen-bond donors (Lipinski definition) is 2. The van der Waals surface area contributed by atoms with E-state index < -0.39 is 11.4 Å². The standard InChI is InChI=1S/C21H27IN4O2/c22-16-8-6-15(18(12-16)20(24)28)7-9-19(27)26(17-4-2-1-3-5-17)21(13-23)10-11-25-14-21/h6,8,12,17,25H,1-5,7,9-11,14H2,(H2,24,28). The highest BCUT2D eigenvalue weighted by Crippen LogP contribution is 2.33. The second kappa shape index (κ2) is 9.23. The van der Waals surface area contributed by atoms with Crippen LogP contribution in [0.15, 0.2) is 18.2 Å². The summed E-state index contributed by atoms with van der Waals surface area (Å²) < 4.78 is 0.936. The third-order valence-corrected chi connectivity index (χ3v) is 6.63. The Bertz CT molecular complexity index is 777. The molecule has 1 atom stereocenters. The minimum absolute atomic E-state index is 0.00567. The lowest BCUT2D eigenvalue weighted by atomic mass is 9.87. The number of rotatable bonds is 6. The van der Waals surface area contributed by atoms with Crippen LogP contribution in [0.5, 0.6) is 0 Å². The smallest absolute Gasteiger partial charge is 0.249 e. The molecule has 28 heavy (non-hydrogen) atoms. The van der Waals surface area contributed by atoms with Crippen molar-refractivity contribution in [1.29, 1.82) is 5.26 Å². The van der Waals surface area contributed by atoms with Crippen LogP contribution in [0.25, 0.3) is 0 Å². The molecule has 2 aliphatic rings. The average molecular weight is 494 g/mol. The fourth-order valence-electron chi connectivity index (χ4n) is 4.52. The van der Waals surface area contributed by atoms with Crippen molar-refractivity contribution in [3.05, 3.63) is 32.9 Å². The van der Waals surface area contributed by atoms with E-state index in [1.165, 1.54) is 6.42 Å². The van der Waals surface area contributed by atoms with Crippen molar-refractivity contribution < 1.29 is 9.59 Å². The molecule has 7 heteroatoms. The van der Waals surface area contributed by atoms with Gasteiger partial charge in [-0.2, -0.15) is 5.26 Å². The molecular formula is C21H27IN4O2. The van der Waals surface area contributed by atoms with Gasteiger partial charge in [-0.15, -0.1) is 0 Å². The number of primary amides is 1. The zero-order valence-electron chi connectivity index (χ0n) is 16.0. The van der Waals surface area contributed by atoms with Crippen LogP contribution >= 0.6 is 22.6 Å². The van der Waals surface area contributed by atoms with Gasteiger partial charge in [0.1, 0.15) is 5.54 Å². The van der Waals surface area contributed by atoms with Crippen LogP contribution in [-0.2, 0) is 11.2 Å². The van der Waals surface area contributed by atoms with Gasteiger partial charge in [-0.3, -0.25) is 9.59 Å². The molecule has 1 saturated carbocycles. The molecule has 2 amide bonds. The van der Waals surface area contributed by atoms with E-state index in [0.717, 1.165) is 41.4 Å². The van der Waals surface area contributed by atoms with Crippen molar-refractivity contribution in [3.63, 3.8) is 0 Å². The highest BCUT2D eigenvalue weighted by atomic mass is 127. The van der Waals surface area contributed by atoms with Gasteiger partial charge in [-0.25, -0.2) is 0 Å². The zero-order valence-corrected chi connectivity index (χ0v) is 18.2. The molecule has 0 radical (unpaired) electrons. The monoisotopic (exact) mass is 494 g/mol. The number of halogens is 1. The fraction of sp³-hybridized carbons (Fsp3) is 0.571. The maximum Gasteiger partial charge on any atom is 0.249 e. The van der Waals surface area contributed by atoms with E-state index in [-0.39, 0.29) is 18.4 Å². The Morgan fingerprint density at radius 2 is 2.07 bits per heavy atom. The lowest BCUT2D eigenvalue weighted by Crippen LogP contribution is -2.57. The molecule has 1 saturated heterocycles. The van der Waals surface area contributed by atoms with Crippen LogP contribution in [0.2, 0.25) is 0 Å². The molecule has 0 bridgehead atoms. The Labute approximate surface area is 180 Å². The quantitative estimate of drug-likeness (QED) is 0.595. The van der Waals surface area contributed by atoms with E-state index in [4.69, 9.17) is 5.73 Å². The topological polar surface area (TPSA) is 99.2 Å². The molecule has 6 nitrogen and oxygen atoms in total. The second-order valence-electron chi connectivity index (χ2n) is 7.79. The van der Waals surface area contributed by atoms with Gasteiger partial charge in [0.2, 0.25) is 11.8 Å². The number of aryl methyl sites for hydroxylation is 1. The Morgan fingerprint density at radius 1 is 1.32 bits per heavy atom. The molecule has 2 fully saturated rings. The predicted molar refractivity (Wildman–Crippen MR) is 116 cm³/mol. The number of nitrogens with zero attached hydrogens (tertiary/aromatic N) is 2. The van der Waals surface area contributed by atoms with Gasteiger partial charge in [-0.1, -0.05) is 25.3 Å². The minimum Gasteiger partial charge on any atom is -0.366 e. The highest BCUT2D eigenvalue weighted by molar-refractivity contribution is 14.1. The van der Waals surface area contributed by atoms with Crippen LogP contribution in [0.4, 0.5) is 0 Å². The van der Waals surface area contributed by atoms with E-state index in [1.54, 1.807) is 6.07 Å². The van der Waals surface area contributed by atoms with Gasteiger partial charge in [0, 0.05) is 28.1 Å². The highest BCUT2D eigenvalue weighted by Gasteiger charge is 2.45. The van der Waals surface area contributed by atoms with E-state index in [0.29, 0.717) is 24.9 Å². The largest absolute Gasteiger partial charge is 0.366 e. The molecule has 0 spiro atoms. The third-order valence-electron chi connectivity index (χ3n) is 5.96. The first-order valence-electron chi connectivity index (χ1n) is 9.99. The fourth-order valence-corrected chi connectivity index (χ4v) is 5.01. The van der Waals surface area contributed by atoms with Crippen LogP contribution in [0, 0.1) is 14.9 Å². The number of amides is 2. The van der Waals surface area contributed by atoms with Crippen molar-refractivity contribution in [3.8, 4) is 6.07 Å². The molecule has 1 aromatic carbocycles. The minimum atomic E-state index is -0.752. The summed E-state index contributed by atoms with van der Waals surface area (Å²) >= 11 is 2.14. The van der Waals surface area contributed by atoms with Gasteiger partial charge >= 0.3 is 0 Å². The molecule has 1 aliphatic carbocycles. The zero-order chi connectivity index (χ0) is 20.1. The Morgan fingerprint density at radius 3 is 2.68 bits per heavy atom. The Hall–Kier alpha value is -1.66. The Balaban J connectivity index is 1.80. The summed E-state index contributed by atoms with van der Waals surface area (Å²) in [5.74, 6) is -0.468. The summed E-state index contributed by atoms with van der Waals surface area (Å²) in [6.07, 6.45) is 6.73. The van der Waals surface area contributed by atoms with Gasteiger partial charge in [0.25, 0.3) is 0 Å². The first-order chi connectivity index (χ1) is 13.5. The van der Waals surface area contributed by atoms with Crippen molar-refractivity contribution in [1.82, 2.24) is 10.2 Å². The van der Waals surface area contributed by atoms with E-state index in [2.05, 4.69) is 34.0 Å². The molecule has 1 unspecified atom stereocenters. The first kappa shape index (κ1) is 21.1. The second-order valence-corrected chi connectivity index (χ2v) is 9.04. The third kappa shape index (κ3) is 4.49. The number of carbonyl (C=O) groups is 2. The van der Waals surface area contributed by atoms with Gasteiger partial charge in [-0.05, 0) is 72.5 Å². The lowest BCUT2D eigenvalue weighted by Gasteiger charge is -2.43.